The molecule has 2 heteroatoms. The molecule has 0 amide bonds. The highest BCUT2D eigenvalue weighted by atomic mass is 14.2. The first-order valence-electron chi connectivity index (χ1n) is 3.30. The van der Waals surface area contributed by atoms with Gasteiger partial charge >= 0.3 is 0 Å². The normalized spacial score (nSPS) is 11.3. The minimum absolute atomic E-state index is 0.680. The molecule has 12 heavy (non-hydrogen) atoms. The molecule has 0 atom stereocenters. The molecular weight excluding hydrogens is 148 g/mol. The summed E-state index contributed by atoms with van der Waals surface area (Å²) in [5.41, 5.74) is 0.680. The fourth-order valence-corrected chi connectivity index (χ4v) is 0.539. The van der Waals surface area contributed by atoms with Crippen LogP contribution in [0.25, 0.3) is 0 Å². The molecule has 0 fully saturated rings. The Balaban J connectivity index is 4.50. The maximum atomic E-state index is 8.33. The van der Waals surface area contributed by atoms with Crippen LogP contribution in [0.2, 0.25) is 0 Å². The van der Waals surface area contributed by atoms with E-state index in [4.69, 9.17) is 10.5 Å². The minimum Gasteiger partial charge on any atom is -0.193 e. The Hall–Kier alpha value is -2.06. The Labute approximate surface area is 72.1 Å². The predicted molar refractivity (Wildman–Crippen MR) is 47.8 cm³/mol. The Kier molecular flexibility index (Phi) is 5.84. The van der Waals surface area contributed by atoms with Crippen molar-refractivity contribution in [1.82, 2.24) is 0 Å². The van der Waals surface area contributed by atoms with E-state index < -0.39 is 0 Å². The zero-order valence-corrected chi connectivity index (χ0v) is 6.57. The third-order valence-electron chi connectivity index (χ3n) is 1.01. The van der Waals surface area contributed by atoms with Gasteiger partial charge in [-0.25, -0.2) is 0 Å². The highest BCUT2D eigenvalue weighted by molar-refractivity contribution is 5.37. The summed E-state index contributed by atoms with van der Waals surface area (Å²) < 4.78 is 0. The predicted octanol–water partition coefficient (Wildman–Crippen LogP) is 2.26. The summed E-state index contributed by atoms with van der Waals surface area (Å²) in [6.45, 7) is 3.49. The molecule has 0 radical (unpaired) electrons. The average Bonchev–Trinajstić information content (AvgIpc) is 2.10. The lowest BCUT2D eigenvalue weighted by molar-refractivity contribution is 1.51. The molecular formula is C10H8N2. The molecule has 0 unspecified atom stereocenters. The van der Waals surface area contributed by atoms with Gasteiger partial charge < -0.3 is 0 Å². The standard InChI is InChI=1S/C10H8N2/c1-2-3-5-10(7-9-12)6-4-8-11/h2-7H,1H2. The van der Waals surface area contributed by atoms with Crippen molar-refractivity contribution in [3.05, 3.63) is 48.6 Å². The first-order valence-corrected chi connectivity index (χ1v) is 3.30. The molecule has 2 nitrogen and oxygen atoms in total. The van der Waals surface area contributed by atoms with E-state index in [0.29, 0.717) is 5.57 Å². The zero-order chi connectivity index (χ0) is 9.23. The van der Waals surface area contributed by atoms with Crippen molar-refractivity contribution < 1.29 is 0 Å². The van der Waals surface area contributed by atoms with Gasteiger partial charge in [0.05, 0.1) is 12.1 Å². The van der Waals surface area contributed by atoms with Crippen LogP contribution in [-0.4, -0.2) is 0 Å². The topological polar surface area (TPSA) is 47.6 Å². The molecule has 0 aromatic carbocycles. The quantitative estimate of drug-likeness (QED) is 0.464. The highest BCUT2D eigenvalue weighted by Crippen LogP contribution is 1.98. The van der Waals surface area contributed by atoms with Gasteiger partial charge in [-0.3, -0.25) is 0 Å². The third kappa shape index (κ3) is 4.78. The zero-order valence-electron chi connectivity index (χ0n) is 6.57. The maximum Gasteiger partial charge on any atom is 0.0918 e. The summed E-state index contributed by atoms with van der Waals surface area (Å²) in [6, 6.07) is 3.72. The summed E-state index contributed by atoms with van der Waals surface area (Å²) >= 11 is 0. The van der Waals surface area contributed by atoms with Crippen LogP contribution in [0.15, 0.2) is 48.6 Å². The van der Waals surface area contributed by atoms with Gasteiger partial charge in [-0.1, -0.05) is 24.8 Å². The molecule has 58 valence electrons. The van der Waals surface area contributed by atoms with Gasteiger partial charge in [0.2, 0.25) is 0 Å². The second-order valence-electron chi connectivity index (χ2n) is 1.83. The summed E-state index contributed by atoms with van der Waals surface area (Å²) in [4.78, 5) is 0. The lowest BCUT2D eigenvalue weighted by atomic mass is 10.2. The SMILES string of the molecule is C=CC=CC(C=CC#N)=CC#N. The van der Waals surface area contributed by atoms with E-state index in [1.165, 1.54) is 12.2 Å². The summed E-state index contributed by atoms with van der Waals surface area (Å²) in [7, 11) is 0. The van der Waals surface area contributed by atoms with Gasteiger partial charge in [-0.05, 0) is 11.6 Å². The van der Waals surface area contributed by atoms with E-state index in [0.717, 1.165) is 0 Å². The van der Waals surface area contributed by atoms with Gasteiger partial charge in [0.25, 0.3) is 0 Å². The van der Waals surface area contributed by atoms with Gasteiger partial charge in [0, 0.05) is 12.2 Å². The number of nitriles is 2. The number of nitrogens with zero attached hydrogens (tertiary/aromatic N) is 2. The first kappa shape index (κ1) is 9.94. The lowest BCUT2D eigenvalue weighted by Gasteiger charge is -1.85. The monoisotopic (exact) mass is 156 g/mol. The van der Waals surface area contributed by atoms with Crippen molar-refractivity contribution in [3.8, 4) is 12.1 Å². The Morgan fingerprint density at radius 1 is 1.17 bits per heavy atom. The van der Waals surface area contributed by atoms with Crippen LogP contribution in [0, 0.1) is 22.7 Å². The summed E-state index contributed by atoms with van der Waals surface area (Å²) in [5, 5.41) is 16.6. The van der Waals surface area contributed by atoms with E-state index in [1.54, 1.807) is 24.3 Å². The number of rotatable bonds is 3. The minimum atomic E-state index is 0.680. The van der Waals surface area contributed by atoms with Crippen molar-refractivity contribution in [3.63, 3.8) is 0 Å². The van der Waals surface area contributed by atoms with E-state index in [-0.39, 0.29) is 0 Å². The molecule has 0 saturated heterocycles. The summed E-state index contributed by atoms with van der Waals surface area (Å²) in [5.74, 6) is 0. The molecule has 0 aromatic heterocycles. The molecule has 0 aliphatic rings. The van der Waals surface area contributed by atoms with Gasteiger partial charge in [-0.15, -0.1) is 0 Å². The second kappa shape index (κ2) is 7.05. The number of allylic oxidation sites excluding steroid dienone is 7. The molecule has 0 aromatic rings. The number of hydrogen-bond donors (Lipinski definition) is 0. The van der Waals surface area contributed by atoms with Crippen LogP contribution in [0.1, 0.15) is 0 Å². The molecule has 0 aliphatic heterocycles. The molecule has 0 N–H and O–H groups in total. The first-order chi connectivity index (χ1) is 5.85. The maximum absolute atomic E-state index is 8.33. The van der Waals surface area contributed by atoms with Crippen molar-refractivity contribution in [2.75, 3.05) is 0 Å². The fourth-order valence-electron chi connectivity index (χ4n) is 0.539. The molecule has 0 saturated carbocycles. The fraction of sp³-hybridized carbons (Fsp3) is 0. The average molecular weight is 156 g/mol. The molecule has 0 spiro atoms. The van der Waals surface area contributed by atoms with E-state index in [2.05, 4.69) is 6.58 Å². The van der Waals surface area contributed by atoms with Crippen LogP contribution in [-0.2, 0) is 0 Å². The number of hydrogen-bond acceptors (Lipinski definition) is 2. The van der Waals surface area contributed by atoms with Crippen molar-refractivity contribution in [2.45, 2.75) is 0 Å². The molecule has 0 heterocycles. The van der Waals surface area contributed by atoms with E-state index in [9.17, 15) is 0 Å². The smallest absolute Gasteiger partial charge is 0.0918 e. The van der Waals surface area contributed by atoms with E-state index in [1.807, 2.05) is 12.1 Å². The van der Waals surface area contributed by atoms with Crippen molar-refractivity contribution in [1.29, 1.82) is 10.5 Å². The van der Waals surface area contributed by atoms with Crippen LogP contribution < -0.4 is 0 Å². The van der Waals surface area contributed by atoms with Crippen molar-refractivity contribution in [2.24, 2.45) is 0 Å². The largest absolute Gasteiger partial charge is 0.193 e. The second-order valence-corrected chi connectivity index (χ2v) is 1.83. The third-order valence-corrected chi connectivity index (χ3v) is 1.01. The van der Waals surface area contributed by atoms with Crippen LogP contribution in [0.5, 0.6) is 0 Å². The Morgan fingerprint density at radius 2 is 1.92 bits per heavy atom. The van der Waals surface area contributed by atoms with Gasteiger partial charge in [-0.2, -0.15) is 10.5 Å². The van der Waals surface area contributed by atoms with Crippen LogP contribution >= 0.6 is 0 Å². The highest BCUT2D eigenvalue weighted by Gasteiger charge is 1.82. The van der Waals surface area contributed by atoms with E-state index >= 15 is 0 Å². The Bertz CT molecular complexity index is 306. The Morgan fingerprint density at radius 3 is 2.42 bits per heavy atom. The van der Waals surface area contributed by atoms with Crippen LogP contribution in [0.3, 0.4) is 0 Å². The van der Waals surface area contributed by atoms with Crippen LogP contribution in [0.4, 0.5) is 0 Å². The van der Waals surface area contributed by atoms with Gasteiger partial charge in [0.1, 0.15) is 0 Å². The summed E-state index contributed by atoms with van der Waals surface area (Å²) in [6.07, 6.45) is 9.23. The van der Waals surface area contributed by atoms with Crippen molar-refractivity contribution >= 4 is 0 Å². The van der Waals surface area contributed by atoms with Gasteiger partial charge in [0.15, 0.2) is 0 Å². The lowest BCUT2D eigenvalue weighted by Crippen LogP contribution is -1.68. The molecule has 0 bridgehead atoms. The molecule has 0 rings (SSSR count). The molecule has 0 aliphatic carbocycles.